The predicted octanol–water partition coefficient (Wildman–Crippen LogP) is -0.0943. The van der Waals surface area contributed by atoms with Gasteiger partial charge in [-0.05, 0) is 28.7 Å². The normalized spacial score (nSPS) is 31.9. The molecule has 96 valence electrons. The van der Waals surface area contributed by atoms with Gasteiger partial charge in [0.05, 0.1) is 0 Å². The van der Waals surface area contributed by atoms with Crippen LogP contribution in [-0.4, -0.2) is 46.6 Å². The summed E-state index contributed by atoms with van der Waals surface area (Å²) in [5, 5.41) is 19.9. The Morgan fingerprint density at radius 1 is 1.47 bits per heavy atom. The van der Waals surface area contributed by atoms with E-state index in [-0.39, 0.29) is 6.61 Å². The van der Waals surface area contributed by atoms with Gasteiger partial charge >= 0.3 is 11.9 Å². The summed E-state index contributed by atoms with van der Waals surface area (Å²) in [4.78, 5) is 21.6. The summed E-state index contributed by atoms with van der Waals surface area (Å²) in [6.07, 6.45) is -0.921. The standard InChI is InChI=1S/C10H13IO6/c1-5(12)16-4-10(15)8(11)3-7(14)9(10)17-6(2)13/h3,7,9,14-15H,4H2,1-2H3/t7-,9+,10-/m0/s1. The summed E-state index contributed by atoms with van der Waals surface area (Å²) in [7, 11) is 0. The second kappa shape index (κ2) is 5.32. The number of carbonyl (C=O) groups excluding carboxylic acids is 2. The molecule has 0 spiro atoms. The van der Waals surface area contributed by atoms with E-state index in [1.807, 2.05) is 0 Å². The molecule has 0 heterocycles. The molecule has 0 fully saturated rings. The van der Waals surface area contributed by atoms with Crippen LogP contribution in [0, 0.1) is 0 Å². The molecule has 0 aromatic carbocycles. The second-order valence-electron chi connectivity index (χ2n) is 3.74. The van der Waals surface area contributed by atoms with Crippen LogP contribution in [0.3, 0.4) is 0 Å². The molecule has 0 aliphatic heterocycles. The number of aliphatic hydroxyl groups excluding tert-OH is 1. The van der Waals surface area contributed by atoms with Crippen LogP contribution in [-0.2, 0) is 19.1 Å². The number of esters is 2. The van der Waals surface area contributed by atoms with Crippen molar-refractivity contribution in [2.75, 3.05) is 6.61 Å². The molecular weight excluding hydrogens is 343 g/mol. The maximum atomic E-state index is 10.9. The Kier molecular flexibility index (Phi) is 4.50. The summed E-state index contributed by atoms with van der Waals surface area (Å²) >= 11 is 1.80. The van der Waals surface area contributed by atoms with E-state index in [0.717, 1.165) is 0 Å². The second-order valence-corrected chi connectivity index (χ2v) is 4.90. The van der Waals surface area contributed by atoms with E-state index in [0.29, 0.717) is 3.58 Å². The van der Waals surface area contributed by atoms with Crippen LogP contribution in [0.15, 0.2) is 9.66 Å². The van der Waals surface area contributed by atoms with Crippen molar-refractivity contribution in [1.29, 1.82) is 0 Å². The fourth-order valence-electron chi connectivity index (χ4n) is 1.51. The Labute approximate surface area is 112 Å². The molecule has 3 atom stereocenters. The van der Waals surface area contributed by atoms with Gasteiger partial charge in [0.1, 0.15) is 12.7 Å². The van der Waals surface area contributed by atoms with Crippen molar-refractivity contribution < 1.29 is 29.3 Å². The van der Waals surface area contributed by atoms with Crippen molar-refractivity contribution in [3.05, 3.63) is 9.66 Å². The number of halogens is 1. The Morgan fingerprint density at radius 2 is 2.06 bits per heavy atom. The molecule has 0 radical (unpaired) electrons. The Hall–Kier alpha value is -0.670. The average Bonchev–Trinajstić information content (AvgIpc) is 2.40. The zero-order chi connectivity index (χ0) is 13.2. The molecule has 0 saturated heterocycles. The van der Waals surface area contributed by atoms with Gasteiger partial charge in [-0.15, -0.1) is 0 Å². The van der Waals surface area contributed by atoms with Crippen LogP contribution in [0.2, 0.25) is 0 Å². The monoisotopic (exact) mass is 356 g/mol. The third kappa shape index (κ3) is 3.17. The minimum atomic E-state index is -1.68. The number of carbonyl (C=O) groups is 2. The number of hydrogen-bond acceptors (Lipinski definition) is 6. The van der Waals surface area contributed by atoms with Gasteiger partial charge in [0.15, 0.2) is 11.7 Å². The highest BCUT2D eigenvalue weighted by Crippen LogP contribution is 2.37. The third-order valence-corrected chi connectivity index (χ3v) is 3.59. The van der Waals surface area contributed by atoms with Gasteiger partial charge in [0, 0.05) is 17.4 Å². The maximum Gasteiger partial charge on any atom is 0.303 e. The lowest BCUT2D eigenvalue weighted by Gasteiger charge is -2.31. The lowest BCUT2D eigenvalue weighted by molar-refractivity contribution is -0.174. The van der Waals surface area contributed by atoms with Crippen LogP contribution in [0.5, 0.6) is 0 Å². The molecule has 7 heteroatoms. The van der Waals surface area contributed by atoms with Gasteiger partial charge in [0.25, 0.3) is 0 Å². The topological polar surface area (TPSA) is 93.1 Å². The fraction of sp³-hybridized carbons (Fsp3) is 0.600. The average molecular weight is 356 g/mol. The van der Waals surface area contributed by atoms with Gasteiger partial charge in [-0.25, -0.2) is 0 Å². The highest BCUT2D eigenvalue weighted by atomic mass is 127. The minimum absolute atomic E-state index is 0.369. The van der Waals surface area contributed by atoms with Crippen molar-refractivity contribution >= 4 is 34.5 Å². The van der Waals surface area contributed by atoms with E-state index in [9.17, 15) is 19.8 Å². The summed E-state index contributed by atoms with van der Waals surface area (Å²) in [6, 6.07) is 0. The van der Waals surface area contributed by atoms with Crippen LogP contribution >= 0.6 is 22.6 Å². The molecule has 0 aromatic rings. The maximum absolute atomic E-state index is 10.9. The van der Waals surface area contributed by atoms with E-state index in [4.69, 9.17) is 9.47 Å². The Morgan fingerprint density at radius 3 is 2.53 bits per heavy atom. The molecule has 0 bridgehead atoms. The van der Waals surface area contributed by atoms with Crippen molar-refractivity contribution in [3.8, 4) is 0 Å². The molecule has 1 aliphatic carbocycles. The first kappa shape index (κ1) is 14.4. The fourth-order valence-corrected chi connectivity index (χ4v) is 2.34. The van der Waals surface area contributed by atoms with Crippen molar-refractivity contribution in [1.82, 2.24) is 0 Å². The molecule has 1 aliphatic rings. The Bertz CT molecular complexity index is 366. The molecule has 0 aromatic heterocycles. The first-order valence-electron chi connectivity index (χ1n) is 4.86. The van der Waals surface area contributed by atoms with Crippen LogP contribution in [0.1, 0.15) is 13.8 Å². The number of rotatable bonds is 3. The van der Waals surface area contributed by atoms with Gasteiger partial charge < -0.3 is 19.7 Å². The lowest BCUT2D eigenvalue weighted by atomic mass is 10.0. The Balaban J connectivity index is 2.86. The molecular formula is C10H13IO6. The minimum Gasteiger partial charge on any atom is -0.462 e. The summed E-state index contributed by atoms with van der Waals surface area (Å²) in [6.45, 7) is 2.00. The summed E-state index contributed by atoms with van der Waals surface area (Å²) in [5.74, 6) is -1.19. The van der Waals surface area contributed by atoms with E-state index >= 15 is 0 Å². The quantitative estimate of drug-likeness (QED) is 0.542. The number of aliphatic hydroxyl groups is 2. The molecule has 1 rings (SSSR count). The van der Waals surface area contributed by atoms with Crippen molar-refractivity contribution in [3.63, 3.8) is 0 Å². The smallest absolute Gasteiger partial charge is 0.303 e. The molecule has 0 unspecified atom stereocenters. The number of hydrogen-bond donors (Lipinski definition) is 2. The van der Waals surface area contributed by atoms with Gasteiger partial charge in [-0.1, -0.05) is 0 Å². The predicted molar refractivity (Wildman–Crippen MR) is 65.2 cm³/mol. The summed E-state index contributed by atoms with van der Waals surface area (Å²) < 4.78 is 9.95. The zero-order valence-corrected chi connectivity index (χ0v) is 11.5. The highest BCUT2D eigenvalue weighted by Gasteiger charge is 2.51. The molecule has 0 saturated carbocycles. The van der Waals surface area contributed by atoms with E-state index < -0.39 is 29.7 Å². The third-order valence-electron chi connectivity index (χ3n) is 2.30. The van der Waals surface area contributed by atoms with E-state index in [1.54, 1.807) is 22.6 Å². The summed E-state index contributed by atoms with van der Waals surface area (Å²) in [5.41, 5.74) is -1.68. The van der Waals surface area contributed by atoms with E-state index in [2.05, 4.69) is 0 Å². The van der Waals surface area contributed by atoms with Crippen molar-refractivity contribution in [2.45, 2.75) is 31.7 Å². The molecule has 17 heavy (non-hydrogen) atoms. The first-order valence-corrected chi connectivity index (χ1v) is 5.94. The van der Waals surface area contributed by atoms with Crippen LogP contribution in [0.25, 0.3) is 0 Å². The molecule has 2 N–H and O–H groups in total. The van der Waals surface area contributed by atoms with Gasteiger partial charge in [0.2, 0.25) is 0 Å². The SMILES string of the molecule is CC(=O)OC[C@]1(O)C(I)=C[C@H](O)[C@H]1OC(C)=O. The van der Waals surface area contributed by atoms with Crippen LogP contribution < -0.4 is 0 Å². The molecule has 0 amide bonds. The van der Waals surface area contributed by atoms with Crippen molar-refractivity contribution in [2.24, 2.45) is 0 Å². The van der Waals surface area contributed by atoms with Gasteiger partial charge in [-0.2, -0.15) is 0 Å². The van der Waals surface area contributed by atoms with Crippen LogP contribution in [0.4, 0.5) is 0 Å². The van der Waals surface area contributed by atoms with Gasteiger partial charge in [-0.3, -0.25) is 9.59 Å². The zero-order valence-electron chi connectivity index (χ0n) is 9.34. The lowest BCUT2D eigenvalue weighted by Crippen LogP contribution is -2.50. The highest BCUT2D eigenvalue weighted by molar-refractivity contribution is 14.1. The first-order chi connectivity index (χ1) is 7.77. The van der Waals surface area contributed by atoms with E-state index in [1.165, 1.54) is 19.9 Å². The largest absolute Gasteiger partial charge is 0.462 e. The number of ether oxygens (including phenoxy) is 2. The molecule has 6 nitrogen and oxygen atoms in total.